The van der Waals surface area contributed by atoms with Crippen molar-refractivity contribution in [3.05, 3.63) is 69.9 Å². The average Bonchev–Trinajstić information content (AvgIpc) is 4.22. The molecule has 2 aromatic heterocycles. The summed E-state index contributed by atoms with van der Waals surface area (Å²) in [5, 5.41) is 7.10. The fourth-order valence-corrected chi connectivity index (χ4v) is 12.4. The lowest BCUT2D eigenvalue weighted by atomic mass is 9.75. The van der Waals surface area contributed by atoms with E-state index in [0.717, 1.165) is 72.2 Å². The van der Waals surface area contributed by atoms with Gasteiger partial charge in [0.05, 0.1) is 54.1 Å². The van der Waals surface area contributed by atoms with Crippen molar-refractivity contribution >= 4 is 58.6 Å². The maximum absolute atomic E-state index is 16.8. The lowest BCUT2D eigenvalue weighted by Gasteiger charge is -2.40. The first-order valence-corrected chi connectivity index (χ1v) is 26.4. The van der Waals surface area contributed by atoms with Crippen LogP contribution in [0.5, 0.6) is 0 Å². The highest BCUT2D eigenvalue weighted by atomic mass is 19.1. The van der Waals surface area contributed by atoms with E-state index >= 15 is 8.78 Å². The van der Waals surface area contributed by atoms with Gasteiger partial charge in [0.15, 0.2) is 11.6 Å². The fraction of sp³-hybridized carbons (Fsp3) is 0.600. The number of carbonyl (C=O) groups excluding carboxylic acids is 4. The largest absolute Gasteiger partial charge is 0.453 e. The van der Waals surface area contributed by atoms with Gasteiger partial charge in [-0.15, -0.1) is 0 Å². The number of aromatic nitrogens is 4. The van der Waals surface area contributed by atoms with Gasteiger partial charge in [0.1, 0.15) is 29.4 Å². The number of H-pyrrole nitrogens is 2. The molecule has 5 aliphatic rings. The summed E-state index contributed by atoms with van der Waals surface area (Å²) >= 11 is 0. The number of ether oxygens (including phenoxy) is 2. The second-order valence-corrected chi connectivity index (χ2v) is 22.6. The molecule has 9 rings (SSSR count). The summed E-state index contributed by atoms with van der Waals surface area (Å²) in [4.78, 5) is 77.2. The van der Waals surface area contributed by atoms with Crippen LogP contribution in [-0.4, -0.2) is 112 Å². The van der Waals surface area contributed by atoms with Crippen molar-refractivity contribution in [3.63, 3.8) is 0 Å². The van der Waals surface area contributed by atoms with Crippen molar-refractivity contribution in [2.75, 3.05) is 50.2 Å². The maximum Gasteiger partial charge on any atom is 0.407 e. The SMILES string of the molecule is COC(=O)NC(C(=O)N1CCC[C@H]1c1nc2ccc([C@H]3CC[C@H](C4C=c5[nH]c([C@@H]6CCCN6C(=O)[C@@H](NC(=O)OC)C(C)C)nc5=CC4)N3c3cc(F)c(N4CCC(C(C)(C)C)CC4)c(F)c3)cc2[nH]1)C(C)C. The topological polar surface area (TPSA) is 181 Å². The van der Waals surface area contributed by atoms with E-state index in [-0.39, 0.29) is 64.8 Å². The van der Waals surface area contributed by atoms with Crippen molar-refractivity contribution < 1.29 is 37.4 Å². The molecule has 4 amide bonds. The van der Waals surface area contributed by atoms with E-state index in [9.17, 15) is 19.2 Å². The first kappa shape index (κ1) is 51.7. The number of hydrogen-bond donors (Lipinski definition) is 4. The average molecular weight is 1010 g/mol. The number of amides is 4. The Labute approximate surface area is 426 Å². The number of nitrogens with zero attached hydrogens (tertiary/aromatic N) is 6. The number of piperidine rings is 1. The Hall–Kier alpha value is -6.20. The molecule has 18 heteroatoms. The van der Waals surface area contributed by atoms with Gasteiger partial charge in [-0.2, -0.15) is 0 Å². The van der Waals surface area contributed by atoms with Crippen LogP contribution in [0.25, 0.3) is 23.2 Å². The van der Waals surface area contributed by atoms with Gasteiger partial charge in [-0.1, -0.05) is 66.7 Å². The van der Waals surface area contributed by atoms with Gasteiger partial charge in [-0.25, -0.2) is 28.3 Å². The molecule has 4 aliphatic heterocycles. The number of hydrogen-bond acceptors (Lipinski definition) is 10. The Balaban J connectivity index is 1.03. The minimum atomic E-state index is -0.759. The first-order chi connectivity index (χ1) is 34.8. The van der Waals surface area contributed by atoms with Crippen LogP contribution in [0.2, 0.25) is 0 Å². The second-order valence-electron chi connectivity index (χ2n) is 22.6. The predicted octanol–water partition coefficient (Wildman–Crippen LogP) is 7.91. The van der Waals surface area contributed by atoms with E-state index in [1.165, 1.54) is 26.4 Å². The fourth-order valence-electron chi connectivity index (χ4n) is 12.4. The maximum atomic E-state index is 16.8. The van der Waals surface area contributed by atoms with Crippen LogP contribution < -0.4 is 31.1 Å². The summed E-state index contributed by atoms with van der Waals surface area (Å²) in [6.07, 6.45) is 9.86. The van der Waals surface area contributed by atoms with Gasteiger partial charge in [-0.05, 0) is 111 Å². The molecule has 4 N–H and O–H groups in total. The number of fused-ring (bicyclic) bond motifs is 2. The summed E-state index contributed by atoms with van der Waals surface area (Å²) < 4.78 is 43.2. The number of likely N-dealkylation sites (tertiary alicyclic amines) is 2. The third-order valence-corrected chi connectivity index (χ3v) is 16.4. The molecule has 6 heterocycles. The van der Waals surface area contributed by atoms with Gasteiger partial charge >= 0.3 is 12.2 Å². The second kappa shape index (κ2) is 21.0. The molecule has 16 nitrogen and oxygen atoms in total. The highest BCUT2D eigenvalue weighted by Gasteiger charge is 2.43. The Kier molecular flexibility index (Phi) is 14.8. The highest BCUT2D eigenvalue weighted by Crippen LogP contribution is 2.46. The summed E-state index contributed by atoms with van der Waals surface area (Å²) in [6, 6.07) is 6.64. The number of rotatable bonds is 12. The van der Waals surface area contributed by atoms with E-state index in [2.05, 4.69) is 70.6 Å². The number of nitrogens with one attached hydrogen (secondary N) is 4. The number of methoxy groups -OCH3 is 2. The number of imidazole rings is 2. The van der Waals surface area contributed by atoms with Gasteiger partial charge < -0.3 is 49.7 Å². The third kappa shape index (κ3) is 10.4. The van der Waals surface area contributed by atoms with E-state index < -0.39 is 35.9 Å². The number of alkyl carbamates (subject to hydrolysis) is 2. The van der Waals surface area contributed by atoms with Crippen molar-refractivity contribution in [2.24, 2.45) is 29.1 Å². The zero-order chi connectivity index (χ0) is 52.0. The molecule has 0 spiro atoms. The number of anilines is 2. The molecule has 2 aromatic carbocycles. The van der Waals surface area contributed by atoms with Gasteiger partial charge in [-0.3, -0.25) is 9.59 Å². The highest BCUT2D eigenvalue weighted by molar-refractivity contribution is 5.87. The molecular weight excluding hydrogens is 935 g/mol. The van der Waals surface area contributed by atoms with Crippen molar-refractivity contribution in [1.29, 1.82) is 0 Å². The lowest BCUT2D eigenvalue weighted by molar-refractivity contribution is -0.136. The summed E-state index contributed by atoms with van der Waals surface area (Å²) in [5.74, 6) is -0.0804. The number of aromatic amines is 2. The van der Waals surface area contributed by atoms with Crippen LogP contribution in [0.4, 0.5) is 29.7 Å². The van der Waals surface area contributed by atoms with Gasteiger partial charge in [0.2, 0.25) is 11.8 Å². The summed E-state index contributed by atoms with van der Waals surface area (Å²) in [7, 11) is 2.56. The zero-order valence-electron chi connectivity index (χ0n) is 43.9. The molecule has 4 aromatic rings. The van der Waals surface area contributed by atoms with Crippen LogP contribution in [-0.2, 0) is 19.1 Å². The van der Waals surface area contributed by atoms with Crippen molar-refractivity contribution in [1.82, 2.24) is 40.4 Å². The summed E-state index contributed by atoms with van der Waals surface area (Å²) in [6.45, 7) is 16.5. The molecular formula is C55H74F2N10O6. The molecule has 2 unspecified atom stereocenters. The van der Waals surface area contributed by atoms with Crippen molar-refractivity contribution in [3.8, 4) is 0 Å². The van der Waals surface area contributed by atoms with Gasteiger partial charge in [0.25, 0.3) is 0 Å². The van der Waals surface area contributed by atoms with E-state index in [1.807, 2.05) is 38.7 Å². The Morgan fingerprint density at radius 2 is 1.30 bits per heavy atom. The zero-order valence-corrected chi connectivity index (χ0v) is 43.9. The minimum absolute atomic E-state index is 0.0301. The first-order valence-electron chi connectivity index (χ1n) is 26.4. The Morgan fingerprint density at radius 3 is 1.85 bits per heavy atom. The minimum Gasteiger partial charge on any atom is -0.453 e. The molecule has 0 bridgehead atoms. The van der Waals surface area contributed by atoms with Crippen LogP contribution >= 0.6 is 0 Å². The lowest BCUT2D eigenvalue weighted by Crippen LogP contribution is -2.51. The number of carbonyl (C=O) groups is 4. The number of benzene rings is 2. The Morgan fingerprint density at radius 1 is 0.726 bits per heavy atom. The quantitative estimate of drug-likeness (QED) is 0.109. The van der Waals surface area contributed by atoms with E-state index in [4.69, 9.17) is 19.4 Å². The van der Waals surface area contributed by atoms with E-state index in [0.29, 0.717) is 62.3 Å². The normalized spacial score (nSPS) is 23.4. The monoisotopic (exact) mass is 1010 g/mol. The van der Waals surface area contributed by atoms with Crippen LogP contribution in [0.15, 0.2) is 30.3 Å². The van der Waals surface area contributed by atoms with Crippen LogP contribution in [0.1, 0.15) is 142 Å². The molecule has 1 aliphatic carbocycles. The van der Waals surface area contributed by atoms with Gasteiger partial charge in [0, 0.05) is 43.8 Å². The smallest absolute Gasteiger partial charge is 0.407 e. The molecule has 0 radical (unpaired) electrons. The molecule has 4 saturated heterocycles. The molecule has 4 fully saturated rings. The molecule has 0 saturated carbocycles. The third-order valence-electron chi connectivity index (χ3n) is 16.4. The summed E-state index contributed by atoms with van der Waals surface area (Å²) in [5.41, 5.74) is 3.13. The van der Waals surface area contributed by atoms with Crippen molar-refractivity contribution in [2.45, 2.75) is 143 Å². The van der Waals surface area contributed by atoms with Crippen LogP contribution in [0, 0.1) is 40.7 Å². The molecule has 394 valence electrons. The predicted molar refractivity (Wildman–Crippen MR) is 276 cm³/mol. The standard InChI is InChI=1S/C55H74F2N10O6/c1-30(2)46(62-53(70)72-8)51(68)65-22-10-12-44(65)49-58-38-16-14-32(26-40(38)60-49)42-18-19-43(67(42)35-28-36(56)48(37(57)29-35)64-24-20-34(21-25-64)55(5,6)7)33-15-17-39-41(27-33)61-50(59-39)45-13-11-23-66(45)52(69)47(31(3)4)63-54(71)73-9/h14,16-17,26-31,33-34,42-47H,10-13,15,18-25H2,1-9H3,(H,58,60)(H,59,61)(H,62,70)(H,63,71)/t33?,42-,43-,44+,45+,46?,47+/m1/s1. The number of halogens is 2. The Bertz CT molecular complexity index is 2810. The molecule has 73 heavy (non-hydrogen) atoms. The van der Waals surface area contributed by atoms with Crippen LogP contribution in [0.3, 0.4) is 0 Å². The molecule has 7 atom stereocenters. The van der Waals surface area contributed by atoms with E-state index in [1.54, 1.807) is 9.80 Å².